The van der Waals surface area contributed by atoms with Gasteiger partial charge in [-0.15, -0.1) is 0 Å². The number of pyridine rings is 1. The van der Waals surface area contributed by atoms with Crippen LogP contribution < -0.4 is 0 Å². The van der Waals surface area contributed by atoms with E-state index in [4.69, 9.17) is 0 Å². The van der Waals surface area contributed by atoms with E-state index in [0.717, 1.165) is 19.5 Å². The molecule has 104 valence electrons. The van der Waals surface area contributed by atoms with Crippen LogP contribution in [0.5, 0.6) is 0 Å². The van der Waals surface area contributed by atoms with E-state index >= 15 is 0 Å². The van der Waals surface area contributed by atoms with Gasteiger partial charge in [-0.2, -0.15) is 0 Å². The first-order chi connectivity index (χ1) is 9.83. The zero-order valence-corrected chi connectivity index (χ0v) is 11.5. The fourth-order valence-electron chi connectivity index (χ4n) is 2.97. The summed E-state index contributed by atoms with van der Waals surface area (Å²) in [6.07, 6.45) is 7.21. The summed E-state index contributed by atoms with van der Waals surface area (Å²) < 4.78 is 12.9. The SMILES string of the molecule is Fc1ccc(CCN2CCCC2c2cccnc2)cc1. The number of rotatable bonds is 4. The second-order valence-electron chi connectivity index (χ2n) is 5.36. The summed E-state index contributed by atoms with van der Waals surface area (Å²) >= 11 is 0. The normalized spacial score (nSPS) is 19.4. The highest BCUT2D eigenvalue weighted by Gasteiger charge is 2.25. The molecule has 20 heavy (non-hydrogen) atoms. The number of nitrogens with zero attached hydrogens (tertiary/aromatic N) is 2. The van der Waals surface area contributed by atoms with Crippen LogP contribution >= 0.6 is 0 Å². The van der Waals surface area contributed by atoms with Crippen molar-refractivity contribution in [1.82, 2.24) is 9.88 Å². The molecule has 1 aliphatic rings. The van der Waals surface area contributed by atoms with Crippen LogP contribution in [0.1, 0.15) is 30.0 Å². The third kappa shape index (κ3) is 3.05. The molecule has 0 bridgehead atoms. The van der Waals surface area contributed by atoms with Gasteiger partial charge in [0.1, 0.15) is 5.82 Å². The van der Waals surface area contributed by atoms with Crippen molar-refractivity contribution in [2.24, 2.45) is 0 Å². The monoisotopic (exact) mass is 270 g/mol. The highest BCUT2D eigenvalue weighted by molar-refractivity contribution is 5.18. The first-order valence-electron chi connectivity index (χ1n) is 7.21. The first-order valence-corrected chi connectivity index (χ1v) is 7.21. The average molecular weight is 270 g/mol. The minimum atomic E-state index is -0.164. The van der Waals surface area contributed by atoms with E-state index in [9.17, 15) is 4.39 Å². The molecule has 0 aliphatic carbocycles. The third-order valence-corrected chi connectivity index (χ3v) is 4.03. The minimum absolute atomic E-state index is 0.164. The molecular weight excluding hydrogens is 251 g/mol. The molecule has 3 heteroatoms. The van der Waals surface area contributed by atoms with Gasteiger partial charge in [-0.1, -0.05) is 18.2 Å². The van der Waals surface area contributed by atoms with Gasteiger partial charge in [0.25, 0.3) is 0 Å². The van der Waals surface area contributed by atoms with E-state index in [-0.39, 0.29) is 5.82 Å². The highest BCUT2D eigenvalue weighted by atomic mass is 19.1. The zero-order chi connectivity index (χ0) is 13.8. The lowest BCUT2D eigenvalue weighted by Gasteiger charge is -2.24. The Bertz CT molecular complexity index is 539. The van der Waals surface area contributed by atoms with Crippen molar-refractivity contribution >= 4 is 0 Å². The maximum atomic E-state index is 12.9. The van der Waals surface area contributed by atoms with E-state index in [2.05, 4.69) is 16.0 Å². The lowest BCUT2D eigenvalue weighted by molar-refractivity contribution is 0.260. The molecule has 0 N–H and O–H groups in total. The van der Waals surface area contributed by atoms with Gasteiger partial charge >= 0.3 is 0 Å². The number of halogens is 1. The Labute approximate surface area is 119 Å². The van der Waals surface area contributed by atoms with Crippen LogP contribution in [0.15, 0.2) is 48.8 Å². The van der Waals surface area contributed by atoms with Crippen molar-refractivity contribution in [3.05, 3.63) is 65.7 Å². The summed E-state index contributed by atoms with van der Waals surface area (Å²) in [5, 5.41) is 0. The van der Waals surface area contributed by atoms with E-state index in [1.807, 2.05) is 30.6 Å². The van der Waals surface area contributed by atoms with E-state index in [0.29, 0.717) is 6.04 Å². The summed E-state index contributed by atoms with van der Waals surface area (Å²) in [7, 11) is 0. The van der Waals surface area contributed by atoms with Crippen molar-refractivity contribution in [1.29, 1.82) is 0 Å². The van der Waals surface area contributed by atoms with Gasteiger partial charge in [0, 0.05) is 25.0 Å². The van der Waals surface area contributed by atoms with Crippen LogP contribution in [0.4, 0.5) is 4.39 Å². The molecule has 0 radical (unpaired) electrons. The van der Waals surface area contributed by atoms with Crippen LogP contribution in [0.2, 0.25) is 0 Å². The maximum absolute atomic E-state index is 12.9. The lowest BCUT2D eigenvalue weighted by atomic mass is 10.1. The average Bonchev–Trinajstić information content (AvgIpc) is 2.96. The van der Waals surface area contributed by atoms with Gasteiger partial charge in [-0.3, -0.25) is 9.88 Å². The highest BCUT2D eigenvalue weighted by Crippen LogP contribution is 2.31. The van der Waals surface area contributed by atoms with Crippen LogP contribution in [0, 0.1) is 5.82 Å². The molecule has 1 fully saturated rings. The van der Waals surface area contributed by atoms with Crippen LogP contribution in [-0.4, -0.2) is 23.0 Å². The standard InChI is InChI=1S/C17H19FN2/c18-16-7-5-14(6-8-16)9-12-20-11-2-4-17(20)15-3-1-10-19-13-15/h1,3,5-8,10,13,17H,2,4,9,11-12H2. The summed E-state index contributed by atoms with van der Waals surface area (Å²) in [6.45, 7) is 2.16. The van der Waals surface area contributed by atoms with Crippen molar-refractivity contribution in [2.75, 3.05) is 13.1 Å². The van der Waals surface area contributed by atoms with Gasteiger partial charge in [0.15, 0.2) is 0 Å². The molecule has 1 aliphatic heterocycles. The molecule has 0 saturated carbocycles. The zero-order valence-electron chi connectivity index (χ0n) is 11.5. The van der Waals surface area contributed by atoms with Crippen molar-refractivity contribution in [3.8, 4) is 0 Å². The van der Waals surface area contributed by atoms with Gasteiger partial charge in [-0.25, -0.2) is 4.39 Å². The Morgan fingerprint density at radius 2 is 2.05 bits per heavy atom. The van der Waals surface area contributed by atoms with E-state index < -0.39 is 0 Å². The third-order valence-electron chi connectivity index (χ3n) is 4.03. The molecule has 3 rings (SSSR count). The quantitative estimate of drug-likeness (QED) is 0.844. The van der Waals surface area contributed by atoms with Gasteiger partial charge in [0.2, 0.25) is 0 Å². The molecule has 1 aromatic heterocycles. The Hall–Kier alpha value is -1.74. The Balaban J connectivity index is 1.63. The summed E-state index contributed by atoms with van der Waals surface area (Å²) in [4.78, 5) is 6.74. The van der Waals surface area contributed by atoms with Crippen LogP contribution in [0.3, 0.4) is 0 Å². The van der Waals surface area contributed by atoms with Crippen molar-refractivity contribution < 1.29 is 4.39 Å². The molecule has 2 heterocycles. The maximum Gasteiger partial charge on any atom is 0.123 e. The predicted octanol–water partition coefficient (Wildman–Crippen LogP) is 3.60. The fraction of sp³-hybridized carbons (Fsp3) is 0.353. The number of aromatic nitrogens is 1. The van der Waals surface area contributed by atoms with E-state index in [1.54, 1.807) is 0 Å². The number of likely N-dealkylation sites (tertiary alicyclic amines) is 1. The molecule has 1 atom stereocenters. The van der Waals surface area contributed by atoms with Crippen molar-refractivity contribution in [3.63, 3.8) is 0 Å². The lowest BCUT2D eigenvalue weighted by Crippen LogP contribution is -2.25. The van der Waals surface area contributed by atoms with Crippen LogP contribution in [0.25, 0.3) is 0 Å². The van der Waals surface area contributed by atoms with Crippen LogP contribution in [-0.2, 0) is 6.42 Å². The topological polar surface area (TPSA) is 16.1 Å². The van der Waals surface area contributed by atoms with Gasteiger partial charge in [0.05, 0.1) is 0 Å². The molecule has 1 saturated heterocycles. The second-order valence-corrected chi connectivity index (χ2v) is 5.36. The molecule has 0 spiro atoms. The molecular formula is C17H19FN2. The number of hydrogen-bond acceptors (Lipinski definition) is 2. The summed E-state index contributed by atoms with van der Waals surface area (Å²) in [5.41, 5.74) is 2.51. The first kappa shape index (κ1) is 13.3. The molecule has 2 nitrogen and oxygen atoms in total. The smallest absolute Gasteiger partial charge is 0.123 e. The number of hydrogen-bond donors (Lipinski definition) is 0. The molecule has 0 amide bonds. The van der Waals surface area contributed by atoms with Crippen molar-refractivity contribution in [2.45, 2.75) is 25.3 Å². The second kappa shape index (κ2) is 6.14. The largest absolute Gasteiger partial charge is 0.296 e. The summed E-state index contributed by atoms with van der Waals surface area (Å²) in [5.74, 6) is -0.164. The molecule has 1 unspecified atom stereocenters. The fourth-order valence-corrected chi connectivity index (χ4v) is 2.97. The Kier molecular flexibility index (Phi) is 4.07. The van der Waals surface area contributed by atoms with E-state index in [1.165, 1.54) is 36.1 Å². The van der Waals surface area contributed by atoms with Gasteiger partial charge in [-0.05, 0) is 55.1 Å². The predicted molar refractivity (Wildman–Crippen MR) is 77.9 cm³/mol. The Morgan fingerprint density at radius 1 is 1.20 bits per heavy atom. The Morgan fingerprint density at radius 3 is 2.80 bits per heavy atom. The molecule has 1 aromatic carbocycles. The minimum Gasteiger partial charge on any atom is -0.296 e. The molecule has 2 aromatic rings. The van der Waals surface area contributed by atoms with Gasteiger partial charge < -0.3 is 0 Å². The summed E-state index contributed by atoms with van der Waals surface area (Å²) in [6, 6.07) is 11.5. The number of benzene rings is 1.